The lowest BCUT2D eigenvalue weighted by atomic mass is 9.45. The van der Waals surface area contributed by atoms with Gasteiger partial charge in [0.15, 0.2) is 5.78 Å². The van der Waals surface area contributed by atoms with Crippen LogP contribution in [0.5, 0.6) is 0 Å². The summed E-state index contributed by atoms with van der Waals surface area (Å²) in [7, 11) is -4.67. The van der Waals surface area contributed by atoms with E-state index in [4.69, 9.17) is 17.5 Å². The van der Waals surface area contributed by atoms with Crippen molar-refractivity contribution < 1.29 is 27.4 Å². The average molecular weight is 467 g/mol. The molecule has 4 rings (SSSR count). The molecule has 2 unspecified atom stereocenters. The predicted octanol–water partition coefficient (Wildman–Crippen LogP) is 3.68. The van der Waals surface area contributed by atoms with E-state index in [1.54, 1.807) is 0 Å². The zero-order chi connectivity index (χ0) is 20.2. The van der Waals surface area contributed by atoms with Crippen molar-refractivity contribution in [1.29, 1.82) is 0 Å². The number of aliphatic hydroxyl groups excluding tert-OH is 1. The van der Waals surface area contributed by atoms with Crippen LogP contribution < -0.4 is 0 Å². The Hall–Kier alpha value is -0.0200. The highest BCUT2D eigenvalue weighted by molar-refractivity contribution is 9.10. The second-order valence-corrected chi connectivity index (χ2v) is 11.6. The number of carbonyl (C=O) groups excluding carboxylic acids is 1. The summed E-state index contributed by atoms with van der Waals surface area (Å²) in [5.41, 5.74) is 0.351. The predicted molar refractivity (Wildman–Crippen MR) is 105 cm³/mol. The van der Waals surface area contributed by atoms with Gasteiger partial charge >= 0.3 is 10.4 Å². The van der Waals surface area contributed by atoms with E-state index in [9.17, 15) is 9.90 Å². The molecule has 0 spiro atoms. The highest BCUT2D eigenvalue weighted by atomic mass is 79.9. The number of carbonyl (C=O) groups is 1. The van der Waals surface area contributed by atoms with Crippen molar-refractivity contribution in [2.45, 2.75) is 76.1 Å². The first kappa shape index (κ1) is 21.7. The lowest BCUT2D eigenvalue weighted by Gasteiger charge is -2.60. The summed E-state index contributed by atoms with van der Waals surface area (Å²) in [5, 5.41) is 10.1. The molecule has 4 fully saturated rings. The Morgan fingerprint density at radius 3 is 2.26 bits per heavy atom. The van der Waals surface area contributed by atoms with Gasteiger partial charge in [0.05, 0.1) is 10.9 Å². The van der Waals surface area contributed by atoms with Crippen molar-refractivity contribution >= 4 is 32.1 Å². The number of halogens is 1. The molecule has 4 aliphatic carbocycles. The fourth-order valence-electron chi connectivity index (χ4n) is 6.98. The Kier molecular flexibility index (Phi) is 5.90. The van der Waals surface area contributed by atoms with Crippen LogP contribution in [0.1, 0.15) is 65.2 Å². The van der Waals surface area contributed by atoms with Gasteiger partial charge in [-0.25, -0.2) is 0 Å². The number of aliphatic hydroxyl groups is 1. The van der Waals surface area contributed by atoms with Gasteiger partial charge in [0, 0.05) is 5.41 Å². The van der Waals surface area contributed by atoms with Crippen LogP contribution in [0.25, 0.3) is 0 Å². The molecule has 0 aromatic rings. The lowest BCUT2D eigenvalue weighted by molar-refractivity contribution is -0.142. The van der Waals surface area contributed by atoms with E-state index in [2.05, 4.69) is 29.8 Å². The van der Waals surface area contributed by atoms with Crippen LogP contribution in [0.3, 0.4) is 0 Å². The van der Waals surface area contributed by atoms with E-state index in [0.29, 0.717) is 23.0 Å². The van der Waals surface area contributed by atoms with E-state index < -0.39 is 10.4 Å². The minimum atomic E-state index is -4.67. The molecular formula is C19H31BrO6S. The first-order chi connectivity index (χ1) is 12.4. The smallest absolute Gasteiger partial charge is 0.393 e. The summed E-state index contributed by atoms with van der Waals surface area (Å²) in [5.74, 6) is 3.29. The molecule has 4 aliphatic rings. The second kappa shape index (κ2) is 7.35. The Morgan fingerprint density at radius 2 is 1.63 bits per heavy atom. The van der Waals surface area contributed by atoms with Crippen LogP contribution in [-0.2, 0) is 15.2 Å². The molecule has 3 N–H and O–H groups in total. The first-order valence-electron chi connectivity index (χ1n) is 9.92. The maximum absolute atomic E-state index is 12.7. The summed E-state index contributed by atoms with van der Waals surface area (Å²) < 4.78 is 31.6. The van der Waals surface area contributed by atoms with Crippen molar-refractivity contribution in [3.05, 3.63) is 0 Å². The highest BCUT2D eigenvalue weighted by Gasteiger charge is 2.61. The third-order valence-corrected chi connectivity index (χ3v) is 9.13. The maximum Gasteiger partial charge on any atom is 0.394 e. The van der Waals surface area contributed by atoms with Crippen molar-refractivity contribution in [3.8, 4) is 0 Å². The SMILES string of the molecule is C[C@]12CC[C@H](O)CC1CC[C@@H]1[C@@H]2CC[C@]2(C)C(=O)C(Br)C[C@@H]12.O=S(=O)(O)O. The third kappa shape index (κ3) is 4.02. The molecule has 156 valence electrons. The summed E-state index contributed by atoms with van der Waals surface area (Å²) in [6.07, 6.45) is 9.04. The zero-order valence-corrected chi connectivity index (χ0v) is 18.4. The molecule has 0 aliphatic heterocycles. The molecule has 0 radical (unpaired) electrons. The summed E-state index contributed by atoms with van der Waals surface area (Å²) >= 11 is 3.65. The Bertz CT molecular complexity index is 688. The molecule has 4 saturated carbocycles. The number of fused-ring (bicyclic) bond motifs is 5. The van der Waals surface area contributed by atoms with Crippen LogP contribution >= 0.6 is 15.9 Å². The van der Waals surface area contributed by atoms with Gasteiger partial charge < -0.3 is 5.11 Å². The molecule has 0 heterocycles. The van der Waals surface area contributed by atoms with Gasteiger partial charge in [-0.05, 0) is 80.5 Å². The Morgan fingerprint density at radius 1 is 1.00 bits per heavy atom. The standard InChI is InChI=1S/C19H29BrO2.H2O4S/c1-18-7-5-12(21)9-11(18)3-4-13-14(18)6-8-19(2)15(13)10-16(20)17(19)22;1-5(2,3)4/h11-16,21H,3-10H2,1-2H3;(H2,1,2,3,4)/t11?,12-,13+,14-,15-,16?,18-,19-;/m0./s1. The summed E-state index contributed by atoms with van der Waals surface area (Å²) in [4.78, 5) is 12.8. The highest BCUT2D eigenvalue weighted by Crippen LogP contribution is 2.65. The number of Topliss-reactive ketones (excluding diaryl/α,β-unsaturated/α-hetero) is 1. The third-order valence-electron chi connectivity index (χ3n) is 8.34. The van der Waals surface area contributed by atoms with Gasteiger partial charge in [-0.3, -0.25) is 13.9 Å². The molecule has 0 aromatic carbocycles. The molecule has 8 atom stereocenters. The fourth-order valence-corrected chi connectivity index (χ4v) is 7.91. The minimum Gasteiger partial charge on any atom is -0.393 e. The van der Waals surface area contributed by atoms with Gasteiger partial charge in [0.25, 0.3) is 0 Å². The van der Waals surface area contributed by atoms with Crippen molar-refractivity contribution in [1.82, 2.24) is 0 Å². The molecule has 0 amide bonds. The molecule has 0 saturated heterocycles. The average Bonchev–Trinajstić information content (AvgIpc) is 2.78. The molecule has 27 heavy (non-hydrogen) atoms. The van der Waals surface area contributed by atoms with E-state index >= 15 is 0 Å². The van der Waals surface area contributed by atoms with Gasteiger partial charge in [-0.15, -0.1) is 0 Å². The van der Waals surface area contributed by atoms with Crippen LogP contribution in [0.15, 0.2) is 0 Å². The number of alkyl halides is 1. The molecular weight excluding hydrogens is 436 g/mol. The quantitative estimate of drug-likeness (QED) is 0.370. The van der Waals surface area contributed by atoms with Gasteiger partial charge in [-0.1, -0.05) is 29.8 Å². The minimum absolute atomic E-state index is 0.0628. The second-order valence-electron chi connectivity index (χ2n) is 9.56. The van der Waals surface area contributed by atoms with Gasteiger partial charge in [0.1, 0.15) is 0 Å². The zero-order valence-electron chi connectivity index (χ0n) is 16.0. The monoisotopic (exact) mass is 466 g/mol. The van der Waals surface area contributed by atoms with E-state index in [1.807, 2.05) is 0 Å². The summed E-state index contributed by atoms with van der Waals surface area (Å²) in [6, 6.07) is 0. The van der Waals surface area contributed by atoms with Gasteiger partial charge in [-0.2, -0.15) is 8.42 Å². The maximum atomic E-state index is 12.7. The van der Waals surface area contributed by atoms with Crippen molar-refractivity contribution in [3.63, 3.8) is 0 Å². The van der Waals surface area contributed by atoms with Crippen molar-refractivity contribution in [2.75, 3.05) is 0 Å². The molecule has 0 bridgehead atoms. The van der Waals surface area contributed by atoms with Crippen molar-refractivity contribution in [2.24, 2.45) is 34.5 Å². The molecule has 6 nitrogen and oxygen atoms in total. The Labute approximate surface area is 170 Å². The summed E-state index contributed by atoms with van der Waals surface area (Å²) in [6.45, 7) is 4.75. The normalized spacial score (nSPS) is 49.3. The first-order valence-corrected chi connectivity index (χ1v) is 12.2. The number of hydrogen-bond donors (Lipinski definition) is 3. The largest absolute Gasteiger partial charge is 0.394 e. The number of hydrogen-bond acceptors (Lipinski definition) is 4. The lowest BCUT2D eigenvalue weighted by Crippen LogP contribution is -2.54. The molecule has 0 aromatic heterocycles. The van der Waals surface area contributed by atoms with E-state index in [-0.39, 0.29) is 16.3 Å². The van der Waals surface area contributed by atoms with Crippen LogP contribution in [0, 0.1) is 34.5 Å². The molecule has 8 heteroatoms. The van der Waals surface area contributed by atoms with E-state index in [1.165, 1.54) is 25.7 Å². The number of ketones is 1. The van der Waals surface area contributed by atoms with Crippen LogP contribution in [0.2, 0.25) is 0 Å². The fraction of sp³-hybridized carbons (Fsp3) is 0.947. The van der Waals surface area contributed by atoms with Crippen LogP contribution in [0.4, 0.5) is 0 Å². The van der Waals surface area contributed by atoms with Gasteiger partial charge in [0.2, 0.25) is 0 Å². The number of rotatable bonds is 0. The Balaban J connectivity index is 0.000000376. The topological polar surface area (TPSA) is 112 Å². The van der Waals surface area contributed by atoms with Crippen LogP contribution in [-0.4, -0.2) is 39.3 Å². The van der Waals surface area contributed by atoms with E-state index in [0.717, 1.165) is 37.5 Å².